The van der Waals surface area contributed by atoms with Gasteiger partial charge in [0.15, 0.2) is 0 Å². The predicted octanol–water partition coefficient (Wildman–Crippen LogP) is 4.51. The lowest BCUT2D eigenvalue weighted by Crippen LogP contribution is -2.48. The summed E-state index contributed by atoms with van der Waals surface area (Å²) in [6.07, 6.45) is 0. The molecule has 0 aliphatic rings. The molecule has 37 heavy (non-hydrogen) atoms. The van der Waals surface area contributed by atoms with Gasteiger partial charge in [0.1, 0.15) is 16.4 Å². The maximum atomic E-state index is 13.0. The summed E-state index contributed by atoms with van der Waals surface area (Å²) in [4.78, 5) is 25.5. The molecule has 0 aromatic heterocycles. The van der Waals surface area contributed by atoms with Crippen molar-refractivity contribution in [2.24, 2.45) is 0 Å². The number of hydrogen-bond donors (Lipinski definition) is 2. The van der Waals surface area contributed by atoms with Gasteiger partial charge in [0.2, 0.25) is 0 Å². The molecule has 192 valence electrons. The molecule has 0 spiro atoms. The first-order valence-electron chi connectivity index (χ1n) is 11.3. The Bertz CT molecular complexity index is 1470. The van der Waals surface area contributed by atoms with Crippen LogP contribution in [0.15, 0.2) is 71.6 Å². The minimum atomic E-state index is -4.37. The lowest BCUT2D eigenvalue weighted by atomic mass is 10.0. The molecule has 9 nitrogen and oxygen atoms in total. The van der Waals surface area contributed by atoms with E-state index in [1.807, 2.05) is 29.0 Å². The highest BCUT2D eigenvalue weighted by Crippen LogP contribution is 2.32. The van der Waals surface area contributed by atoms with Gasteiger partial charge in [0.25, 0.3) is 15.9 Å². The van der Waals surface area contributed by atoms with Crippen LogP contribution in [0.25, 0.3) is 11.1 Å². The van der Waals surface area contributed by atoms with Crippen molar-refractivity contribution in [1.29, 1.82) is 5.26 Å². The van der Waals surface area contributed by atoms with Crippen LogP contribution in [0.5, 0.6) is 11.5 Å². The van der Waals surface area contributed by atoms with E-state index in [0.717, 1.165) is 17.2 Å². The van der Waals surface area contributed by atoms with Crippen LogP contribution in [0.4, 0.5) is 4.79 Å². The SMILES string of the molecule is CN(C)C(=O)c1ccc(-c2cccc(Oc3ccc(C#N)cc3S(=O)(=O)NC(=O)NC(C)(C)C)c2)cc1. The largest absolute Gasteiger partial charge is 0.456 e. The van der Waals surface area contributed by atoms with Crippen molar-refractivity contribution in [3.8, 4) is 28.7 Å². The van der Waals surface area contributed by atoms with Crippen LogP contribution in [0.2, 0.25) is 0 Å². The van der Waals surface area contributed by atoms with E-state index in [9.17, 15) is 23.3 Å². The van der Waals surface area contributed by atoms with Gasteiger partial charge in [-0.2, -0.15) is 5.26 Å². The number of nitrogens with one attached hydrogen (secondary N) is 2. The van der Waals surface area contributed by atoms with Crippen molar-refractivity contribution >= 4 is 22.0 Å². The lowest BCUT2D eigenvalue weighted by Gasteiger charge is -2.21. The van der Waals surface area contributed by atoms with Crippen molar-refractivity contribution in [2.45, 2.75) is 31.2 Å². The number of nitrogens with zero attached hydrogens (tertiary/aromatic N) is 2. The van der Waals surface area contributed by atoms with Crippen LogP contribution in [0, 0.1) is 11.3 Å². The van der Waals surface area contributed by atoms with Crippen molar-refractivity contribution < 1.29 is 22.7 Å². The molecule has 0 saturated heterocycles. The van der Waals surface area contributed by atoms with E-state index in [0.29, 0.717) is 11.3 Å². The Morgan fingerprint density at radius 1 is 0.946 bits per heavy atom. The first kappa shape index (κ1) is 27.2. The highest BCUT2D eigenvalue weighted by atomic mass is 32.2. The van der Waals surface area contributed by atoms with E-state index < -0.39 is 21.6 Å². The molecule has 2 N–H and O–H groups in total. The van der Waals surface area contributed by atoms with Gasteiger partial charge < -0.3 is 15.0 Å². The second-order valence-corrected chi connectivity index (χ2v) is 11.1. The molecule has 0 aliphatic carbocycles. The molecular formula is C27H28N4O5S. The number of benzene rings is 3. The molecule has 3 amide bonds. The zero-order valence-corrected chi connectivity index (χ0v) is 22.0. The second kappa shape index (κ2) is 10.7. The molecular weight excluding hydrogens is 492 g/mol. The fraction of sp³-hybridized carbons (Fsp3) is 0.222. The third-order valence-corrected chi connectivity index (χ3v) is 6.36. The van der Waals surface area contributed by atoms with Crippen LogP contribution in [0.3, 0.4) is 0 Å². The summed E-state index contributed by atoms with van der Waals surface area (Å²) in [5, 5.41) is 11.8. The lowest BCUT2D eigenvalue weighted by molar-refractivity contribution is 0.0827. The Labute approximate surface area is 216 Å². The standard InChI is InChI=1S/C27H28N4O5S/c1-27(2,3)29-26(33)30-37(34,35)24-15-18(17-28)9-14-23(24)36-22-8-6-7-21(16-22)19-10-12-20(13-11-19)25(32)31(4)5/h6-16H,1-5H3,(H2,29,30,33). The zero-order chi connectivity index (χ0) is 27.4. The quantitative estimate of drug-likeness (QED) is 0.492. The van der Waals surface area contributed by atoms with Gasteiger partial charge in [-0.3, -0.25) is 4.79 Å². The minimum absolute atomic E-state index is 0.0564. The Balaban J connectivity index is 1.92. The van der Waals surface area contributed by atoms with Gasteiger partial charge in [0.05, 0.1) is 11.6 Å². The number of carbonyl (C=O) groups is 2. The van der Waals surface area contributed by atoms with Crippen LogP contribution >= 0.6 is 0 Å². The van der Waals surface area contributed by atoms with Crippen LogP contribution in [-0.2, 0) is 10.0 Å². The highest BCUT2D eigenvalue weighted by molar-refractivity contribution is 7.90. The number of hydrogen-bond acceptors (Lipinski definition) is 6. The van der Waals surface area contributed by atoms with Crippen molar-refractivity contribution in [1.82, 2.24) is 14.9 Å². The number of carbonyl (C=O) groups excluding carboxylic acids is 2. The molecule has 3 rings (SSSR count). The molecule has 0 heterocycles. The number of nitriles is 1. The number of sulfonamides is 1. The van der Waals surface area contributed by atoms with E-state index in [1.54, 1.807) is 65.2 Å². The van der Waals surface area contributed by atoms with Gasteiger partial charge in [-0.1, -0.05) is 24.3 Å². The van der Waals surface area contributed by atoms with Gasteiger partial charge in [-0.05, 0) is 74.4 Å². The van der Waals surface area contributed by atoms with Crippen LogP contribution < -0.4 is 14.8 Å². The average molecular weight is 521 g/mol. The van der Waals surface area contributed by atoms with Crippen molar-refractivity contribution in [3.63, 3.8) is 0 Å². The normalized spacial score (nSPS) is 11.2. The summed E-state index contributed by atoms with van der Waals surface area (Å²) >= 11 is 0. The third kappa shape index (κ3) is 7.08. The summed E-state index contributed by atoms with van der Waals surface area (Å²) in [6, 6.07) is 19.0. The zero-order valence-electron chi connectivity index (χ0n) is 21.2. The monoisotopic (exact) mass is 520 g/mol. The maximum Gasteiger partial charge on any atom is 0.329 e. The fourth-order valence-corrected chi connectivity index (χ4v) is 4.41. The summed E-state index contributed by atoms with van der Waals surface area (Å²) in [5.41, 5.74) is 1.59. The van der Waals surface area contributed by atoms with Crippen LogP contribution in [-0.4, -0.2) is 44.9 Å². The van der Waals surface area contributed by atoms with Gasteiger partial charge in [-0.25, -0.2) is 17.9 Å². The van der Waals surface area contributed by atoms with Gasteiger partial charge >= 0.3 is 6.03 Å². The first-order chi connectivity index (χ1) is 17.3. The van der Waals surface area contributed by atoms with Gasteiger partial charge in [-0.15, -0.1) is 0 Å². The van der Waals surface area contributed by atoms with Gasteiger partial charge in [0, 0.05) is 25.2 Å². The topological polar surface area (TPSA) is 129 Å². The van der Waals surface area contributed by atoms with Crippen LogP contribution in [0.1, 0.15) is 36.7 Å². The number of ether oxygens (including phenoxy) is 1. The summed E-state index contributed by atoms with van der Waals surface area (Å²) in [5.74, 6) is 0.174. The molecule has 0 unspecified atom stereocenters. The molecule has 3 aromatic rings. The molecule has 0 bridgehead atoms. The number of rotatable bonds is 6. The number of amides is 3. The fourth-order valence-electron chi connectivity index (χ4n) is 3.34. The minimum Gasteiger partial charge on any atom is -0.456 e. The van der Waals surface area contributed by atoms with E-state index in [2.05, 4.69) is 5.32 Å². The first-order valence-corrected chi connectivity index (χ1v) is 12.8. The Morgan fingerprint density at radius 2 is 1.62 bits per heavy atom. The second-order valence-electron chi connectivity index (χ2n) is 9.49. The van der Waals surface area contributed by atoms with E-state index in [-0.39, 0.29) is 22.1 Å². The molecule has 3 aromatic carbocycles. The Morgan fingerprint density at radius 3 is 2.22 bits per heavy atom. The maximum absolute atomic E-state index is 13.0. The Hall–Kier alpha value is -4.36. The predicted molar refractivity (Wildman–Crippen MR) is 140 cm³/mol. The third-order valence-electron chi connectivity index (χ3n) is 5.01. The molecule has 0 fully saturated rings. The summed E-state index contributed by atoms with van der Waals surface area (Å²) in [7, 11) is -1.01. The smallest absolute Gasteiger partial charge is 0.329 e. The molecule has 0 radical (unpaired) electrons. The summed E-state index contributed by atoms with van der Waals surface area (Å²) < 4.78 is 34.0. The molecule has 0 aliphatic heterocycles. The number of urea groups is 1. The van der Waals surface area contributed by atoms with E-state index >= 15 is 0 Å². The molecule has 10 heteroatoms. The summed E-state index contributed by atoms with van der Waals surface area (Å²) in [6.45, 7) is 5.14. The molecule has 0 atom stereocenters. The van der Waals surface area contributed by atoms with Crippen molar-refractivity contribution in [3.05, 3.63) is 77.9 Å². The van der Waals surface area contributed by atoms with E-state index in [4.69, 9.17) is 4.74 Å². The highest BCUT2D eigenvalue weighted by Gasteiger charge is 2.25. The van der Waals surface area contributed by atoms with Crippen molar-refractivity contribution in [2.75, 3.05) is 14.1 Å². The Kier molecular flexibility index (Phi) is 7.89. The van der Waals surface area contributed by atoms with E-state index in [1.165, 1.54) is 17.0 Å². The molecule has 0 saturated carbocycles. The average Bonchev–Trinajstić information content (AvgIpc) is 2.82.